The molecule has 1 aliphatic carbocycles. The van der Waals surface area contributed by atoms with Crippen LogP contribution < -0.4 is 5.32 Å². The van der Waals surface area contributed by atoms with E-state index in [1.54, 1.807) is 0 Å². The molecule has 3 heteroatoms. The van der Waals surface area contributed by atoms with Crippen molar-refractivity contribution >= 4 is 28.9 Å². The molecule has 0 spiro atoms. The molecule has 0 amide bonds. The highest BCUT2D eigenvalue weighted by atomic mass is 35.5. The van der Waals surface area contributed by atoms with Gasteiger partial charge in [-0.25, -0.2) is 0 Å². The maximum Gasteiger partial charge on any atom is 0.0655 e. The van der Waals surface area contributed by atoms with Gasteiger partial charge in [-0.3, -0.25) is 0 Å². The summed E-state index contributed by atoms with van der Waals surface area (Å²) in [5.41, 5.74) is 3.56. The molecule has 0 saturated heterocycles. The molecule has 0 unspecified atom stereocenters. The molecule has 2 aromatic rings. The van der Waals surface area contributed by atoms with E-state index in [1.165, 1.54) is 11.1 Å². The van der Waals surface area contributed by atoms with Gasteiger partial charge in [-0.1, -0.05) is 65.7 Å². The summed E-state index contributed by atoms with van der Waals surface area (Å²) in [6.07, 6.45) is 5.66. The van der Waals surface area contributed by atoms with Gasteiger partial charge in [-0.15, -0.1) is 0 Å². The highest BCUT2D eigenvalue weighted by Crippen LogP contribution is 2.52. The molecule has 3 atom stereocenters. The Balaban J connectivity index is 1.84. The molecule has 1 N–H and O–H groups in total. The lowest BCUT2D eigenvalue weighted by Crippen LogP contribution is -2.29. The first-order chi connectivity index (χ1) is 10.2. The van der Waals surface area contributed by atoms with Crippen LogP contribution in [-0.4, -0.2) is 0 Å². The summed E-state index contributed by atoms with van der Waals surface area (Å²) in [7, 11) is 0. The zero-order valence-corrected chi connectivity index (χ0v) is 12.9. The van der Waals surface area contributed by atoms with Gasteiger partial charge in [0.1, 0.15) is 0 Å². The van der Waals surface area contributed by atoms with E-state index in [4.69, 9.17) is 23.2 Å². The first-order valence-electron chi connectivity index (χ1n) is 7.21. The van der Waals surface area contributed by atoms with Crippen molar-refractivity contribution in [1.29, 1.82) is 0 Å². The highest BCUT2D eigenvalue weighted by molar-refractivity contribution is 6.36. The highest BCUT2D eigenvalue weighted by Gasteiger charge is 2.38. The number of anilines is 1. The van der Waals surface area contributed by atoms with Gasteiger partial charge in [0.15, 0.2) is 0 Å². The van der Waals surface area contributed by atoms with Gasteiger partial charge >= 0.3 is 0 Å². The van der Waals surface area contributed by atoms with Crippen LogP contribution in [0.1, 0.15) is 29.5 Å². The average molecular weight is 316 g/mol. The second-order valence-corrected chi connectivity index (χ2v) is 6.58. The van der Waals surface area contributed by atoms with Crippen molar-refractivity contribution in [2.45, 2.75) is 18.4 Å². The quantitative estimate of drug-likeness (QED) is 0.654. The van der Waals surface area contributed by atoms with Gasteiger partial charge in [-0.05, 0) is 35.6 Å². The summed E-state index contributed by atoms with van der Waals surface area (Å²) in [4.78, 5) is 0. The Kier molecular flexibility index (Phi) is 3.20. The number of rotatable bonds is 1. The Labute approximate surface area is 134 Å². The largest absolute Gasteiger partial charge is 0.376 e. The Bertz CT molecular complexity index is 709. The molecular weight excluding hydrogens is 301 g/mol. The van der Waals surface area contributed by atoms with Crippen molar-refractivity contribution in [2.24, 2.45) is 5.92 Å². The van der Waals surface area contributed by atoms with Crippen LogP contribution in [0.4, 0.5) is 5.69 Å². The smallest absolute Gasteiger partial charge is 0.0655 e. The molecule has 1 heterocycles. The van der Waals surface area contributed by atoms with Crippen molar-refractivity contribution in [1.82, 2.24) is 0 Å². The van der Waals surface area contributed by atoms with Crippen LogP contribution in [0.2, 0.25) is 10.0 Å². The van der Waals surface area contributed by atoms with Crippen molar-refractivity contribution in [2.75, 3.05) is 5.32 Å². The molecule has 0 fully saturated rings. The van der Waals surface area contributed by atoms with E-state index < -0.39 is 0 Å². The molecule has 0 aromatic heterocycles. The standard InChI is InChI=1S/C18H15Cl2N/c19-12-9-15-13-7-4-8-14(13)17(11-5-2-1-3-6-11)21-18(15)16(20)10-12/h1-7,9-10,13-14,17,21H,8H2/t13-,14-,17-/m1/s1. The van der Waals surface area contributed by atoms with E-state index >= 15 is 0 Å². The molecule has 1 nitrogen and oxygen atoms in total. The first kappa shape index (κ1) is 13.2. The molecular formula is C18H15Cl2N. The molecule has 0 bridgehead atoms. The molecule has 0 radical (unpaired) electrons. The monoisotopic (exact) mass is 315 g/mol. The summed E-state index contributed by atoms with van der Waals surface area (Å²) in [5, 5.41) is 5.06. The third-order valence-corrected chi connectivity index (χ3v) is 5.06. The number of hydrogen-bond acceptors (Lipinski definition) is 1. The fourth-order valence-electron chi connectivity index (χ4n) is 3.61. The minimum Gasteiger partial charge on any atom is -0.376 e. The van der Waals surface area contributed by atoms with Crippen LogP contribution in [-0.2, 0) is 0 Å². The topological polar surface area (TPSA) is 12.0 Å². The number of allylic oxidation sites excluding steroid dienone is 2. The minimum atomic E-state index is 0.289. The van der Waals surface area contributed by atoms with Crippen LogP contribution in [0.15, 0.2) is 54.6 Å². The Morgan fingerprint density at radius 1 is 1.05 bits per heavy atom. The predicted octanol–water partition coefficient (Wildman–Crippen LogP) is 5.82. The fourth-order valence-corrected chi connectivity index (χ4v) is 4.18. The third-order valence-electron chi connectivity index (χ3n) is 4.54. The zero-order chi connectivity index (χ0) is 14.4. The molecule has 106 valence electrons. The van der Waals surface area contributed by atoms with Crippen LogP contribution in [0.25, 0.3) is 0 Å². The van der Waals surface area contributed by atoms with E-state index in [2.05, 4.69) is 47.8 Å². The Morgan fingerprint density at radius 3 is 2.67 bits per heavy atom. The van der Waals surface area contributed by atoms with Crippen molar-refractivity contribution in [3.63, 3.8) is 0 Å². The molecule has 2 aromatic carbocycles. The summed E-state index contributed by atoms with van der Waals surface area (Å²) >= 11 is 12.6. The number of halogens is 2. The number of nitrogens with one attached hydrogen (secondary N) is 1. The molecule has 1 aliphatic heterocycles. The van der Waals surface area contributed by atoms with E-state index in [9.17, 15) is 0 Å². The minimum absolute atomic E-state index is 0.289. The molecule has 0 saturated carbocycles. The number of benzene rings is 2. The van der Waals surface area contributed by atoms with E-state index in [0.717, 1.165) is 12.1 Å². The average Bonchev–Trinajstić information content (AvgIpc) is 2.97. The maximum atomic E-state index is 6.42. The number of fused-ring (bicyclic) bond motifs is 3. The Hall–Kier alpha value is -1.44. The van der Waals surface area contributed by atoms with Crippen molar-refractivity contribution in [3.8, 4) is 0 Å². The normalized spacial score (nSPS) is 26.1. The van der Waals surface area contributed by atoms with Crippen molar-refractivity contribution < 1.29 is 0 Å². The fraction of sp³-hybridized carbons (Fsp3) is 0.222. The van der Waals surface area contributed by atoms with Gasteiger partial charge in [-0.2, -0.15) is 0 Å². The van der Waals surface area contributed by atoms with E-state index in [-0.39, 0.29) is 6.04 Å². The summed E-state index contributed by atoms with van der Waals surface area (Å²) in [6, 6.07) is 14.7. The van der Waals surface area contributed by atoms with Gasteiger partial charge in [0.2, 0.25) is 0 Å². The molecule has 21 heavy (non-hydrogen) atoms. The zero-order valence-electron chi connectivity index (χ0n) is 11.4. The lowest BCUT2D eigenvalue weighted by Gasteiger charge is -2.38. The summed E-state index contributed by atoms with van der Waals surface area (Å²) in [6.45, 7) is 0. The molecule has 4 rings (SSSR count). The van der Waals surface area contributed by atoms with Crippen LogP contribution in [0.3, 0.4) is 0 Å². The van der Waals surface area contributed by atoms with Gasteiger partial charge < -0.3 is 5.32 Å². The third kappa shape index (κ3) is 2.16. The predicted molar refractivity (Wildman–Crippen MR) is 89.3 cm³/mol. The van der Waals surface area contributed by atoms with Gasteiger partial charge in [0.05, 0.1) is 16.8 Å². The lowest BCUT2D eigenvalue weighted by atomic mass is 9.77. The maximum absolute atomic E-state index is 6.42. The number of hydrogen-bond donors (Lipinski definition) is 1. The first-order valence-corrected chi connectivity index (χ1v) is 7.97. The van der Waals surface area contributed by atoms with Crippen molar-refractivity contribution in [3.05, 3.63) is 75.8 Å². The Morgan fingerprint density at radius 2 is 1.86 bits per heavy atom. The van der Waals surface area contributed by atoms with Gasteiger partial charge in [0, 0.05) is 10.9 Å². The lowest BCUT2D eigenvalue weighted by molar-refractivity contribution is 0.425. The van der Waals surface area contributed by atoms with Crippen LogP contribution >= 0.6 is 23.2 Å². The second kappa shape index (κ2) is 5.08. The van der Waals surface area contributed by atoms with Gasteiger partial charge in [0.25, 0.3) is 0 Å². The van der Waals surface area contributed by atoms with E-state index in [1.807, 2.05) is 12.1 Å². The van der Waals surface area contributed by atoms with E-state index in [0.29, 0.717) is 21.9 Å². The second-order valence-electron chi connectivity index (χ2n) is 5.74. The SMILES string of the molecule is Clc1cc(Cl)c2c(c1)[C@@H]1C=CC[C@H]1[C@@H](c1ccccc1)N2. The molecule has 2 aliphatic rings. The summed E-state index contributed by atoms with van der Waals surface area (Å²) in [5.74, 6) is 0.914. The summed E-state index contributed by atoms with van der Waals surface area (Å²) < 4.78 is 0. The van der Waals surface area contributed by atoms with Crippen LogP contribution in [0, 0.1) is 5.92 Å². The van der Waals surface area contributed by atoms with Crippen LogP contribution in [0.5, 0.6) is 0 Å².